The van der Waals surface area contributed by atoms with Gasteiger partial charge < -0.3 is 14.0 Å². The molecule has 28 heavy (non-hydrogen) atoms. The summed E-state index contributed by atoms with van der Waals surface area (Å²) >= 11 is 0. The zero-order chi connectivity index (χ0) is 20.9. The van der Waals surface area contributed by atoms with Crippen LogP contribution in [0, 0.1) is 23.2 Å². The number of esters is 1. The van der Waals surface area contributed by atoms with Crippen LogP contribution >= 0.6 is 0 Å². The van der Waals surface area contributed by atoms with Crippen molar-refractivity contribution in [3.05, 3.63) is 0 Å². The number of hydrogen-bond acceptors (Lipinski definition) is 4. The molecule has 0 aromatic carbocycles. The van der Waals surface area contributed by atoms with Gasteiger partial charge in [-0.2, -0.15) is 0 Å². The van der Waals surface area contributed by atoms with Gasteiger partial charge in [0, 0.05) is 6.42 Å². The molecule has 1 saturated heterocycles. The molecular weight excluding hydrogens is 351 g/mol. The summed E-state index contributed by atoms with van der Waals surface area (Å²) in [4.78, 5) is 12.0. The van der Waals surface area contributed by atoms with Crippen molar-refractivity contribution < 1.29 is 18.8 Å². The summed E-state index contributed by atoms with van der Waals surface area (Å²) in [7, 11) is -0.0775. The van der Waals surface area contributed by atoms with E-state index in [9.17, 15) is 4.79 Å². The molecule has 2 bridgehead atoms. The van der Waals surface area contributed by atoms with Crippen molar-refractivity contribution >= 4 is 13.1 Å². The fourth-order valence-electron chi connectivity index (χ4n) is 5.84. The molecule has 1 aliphatic heterocycles. The second-order valence-corrected chi connectivity index (χ2v) is 11.6. The van der Waals surface area contributed by atoms with Crippen molar-refractivity contribution in [2.24, 2.45) is 23.2 Å². The fourth-order valence-corrected chi connectivity index (χ4v) is 5.84. The fraction of sp³-hybridized carbons (Fsp3) is 0.957. The van der Waals surface area contributed by atoms with Crippen LogP contribution in [-0.2, 0) is 18.8 Å². The Hall–Kier alpha value is -0.545. The van der Waals surface area contributed by atoms with Crippen LogP contribution in [0.25, 0.3) is 0 Å². The lowest BCUT2D eigenvalue weighted by Gasteiger charge is -2.64. The van der Waals surface area contributed by atoms with E-state index in [2.05, 4.69) is 34.6 Å². The van der Waals surface area contributed by atoms with Crippen molar-refractivity contribution in [2.45, 2.75) is 117 Å². The average Bonchev–Trinajstić information content (AvgIpc) is 2.89. The van der Waals surface area contributed by atoms with E-state index in [0.717, 1.165) is 31.6 Å². The third kappa shape index (κ3) is 4.31. The second kappa shape index (κ2) is 7.61. The Bertz CT molecular complexity index is 584. The Labute approximate surface area is 172 Å². The lowest BCUT2D eigenvalue weighted by Crippen LogP contribution is -2.65. The summed E-state index contributed by atoms with van der Waals surface area (Å²) in [5.41, 5.74) is -0.116. The minimum atomic E-state index is -0.398. The first-order chi connectivity index (χ1) is 12.8. The largest absolute Gasteiger partial charge is 0.460 e. The van der Waals surface area contributed by atoms with E-state index in [0.29, 0.717) is 29.5 Å². The number of ether oxygens (including phenoxy) is 1. The van der Waals surface area contributed by atoms with Crippen LogP contribution in [0.5, 0.6) is 0 Å². The van der Waals surface area contributed by atoms with Gasteiger partial charge in [-0.05, 0) is 69.5 Å². The summed E-state index contributed by atoms with van der Waals surface area (Å²) in [5, 5.41) is 0. The topological polar surface area (TPSA) is 44.8 Å². The normalized spacial score (nSPS) is 35.7. The Morgan fingerprint density at radius 3 is 2.46 bits per heavy atom. The van der Waals surface area contributed by atoms with Crippen LogP contribution in [0.15, 0.2) is 0 Å². The molecule has 4 aliphatic rings. The van der Waals surface area contributed by atoms with Gasteiger partial charge in [0.15, 0.2) is 0 Å². The van der Waals surface area contributed by atoms with Crippen LogP contribution in [-0.4, -0.2) is 30.4 Å². The highest BCUT2D eigenvalue weighted by atomic mass is 16.7. The third-order valence-corrected chi connectivity index (χ3v) is 7.72. The zero-order valence-electron chi connectivity index (χ0n) is 19.3. The molecule has 4 nitrogen and oxygen atoms in total. The van der Waals surface area contributed by atoms with Crippen molar-refractivity contribution in [1.29, 1.82) is 0 Å². The van der Waals surface area contributed by atoms with Crippen LogP contribution < -0.4 is 0 Å². The first kappa shape index (κ1) is 22.1. The standard InChI is InChI=1S/C23H41BO4/c1-15(12-20(25)26-21(3,4)5)10-9-11-16(2)24-27-19-14-17-13-18(22(17,6)7)23(19,8)28-24/h15-19H,9-14H2,1-8H3/t15?,16-,17+,18+,19-,23+/m1/s1. The van der Waals surface area contributed by atoms with Gasteiger partial charge in [0.05, 0.1) is 11.7 Å². The van der Waals surface area contributed by atoms with Crippen molar-refractivity contribution in [2.75, 3.05) is 0 Å². The highest BCUT2D eigenvalue weighted by Gasteiger charge is 2.68. The summed E-state index contributed by atoms with van der Waals surface area (Å²) in [6.07, 6.45) is 6.41. The molecule has 3 saturated carbocycles. The summed E-state index contributed by atoms with van der Waals surface area (Å²) in [5.74, 6) is 2.06. The molecule has 0 N–H and O–H groups in total. The van der Waals surface area contributed by atoms with Gasteiger partial charge in [-0.15, -0.1) is 0 Å². The number of carbonyl (C=O) groups is 1. The Morgan fingerprint density at radius 2 is 1.86 bits per heavy atom. The van der Waals surface area contributed by atoms with Gasteiger partial charge in [-0.25, -0.2) is 0 Å². The molecule has 1 unspecified atom stereocenters. The lowest BCUT2D eigenvalue weighted by molar-refractivity contribution is -0.199. The van der Waals surface area contributed by atoms with Gasteiger partial charge >= 0.3 is 13.1 Å². The minimum absolute atomic E-state index is 0.0775. The molecule has 6 atom stereocenters. The highest BCUT2D eigenvalue weighted by molar-refractivity contribution is 6.47. The molecule has 0 aromatic heterocycles. The maximum absolute atomic E-state index is 12.0. The van der Waals surface area contributed by atoms with E-state index in [1.165, 1.54) is 6.42 Å². The minimum Gasteiger partial charge on any atom is -0.460 e. The first-order valence-corrected chi connectivity index (χ1v) is 11.4. The van der Waals surface area contributed by atoms with E-state index >= 15 is 0 Å². The second-order valence-electron chi connectivity index (χ2n) is 11.6. The monoisotopic (exact) mass is 392 g/mol. The zero-order valence-corrected chi connectivity index (χ0v) is 19.3. The predicted molar refractivity (Wildman–Crippen MR) is 113 cm³/mol. The summed E-state index contributed by atoms with van der Waals surface area (Å²) in [6.45, 7) is 17.2. The van der Waals surface area contributed by atoms with Crippen LogP contribution in [0.1, 0.15) is 93.9 Å². The van der Waals surface area contributed by atoms with Gasteiger partial charge in [0.2, 0.25) is 0 Å². The van der Waals surface area contributed by atoms with Crippen molar-refractivity contribution in [3.63, 3.8) is 0 Å². The number of rotatable bonds is 7. The van der Waals surface area contributed by atoms with Gasteiger partial charge in [-0.3, -0.25) is 4.79 Å². The molecule has 3 aliphatic carbocycles. The summed E-state index contributed by atoms with van der Waals surface area (Å²) < 4.78 is 18.4. The first-order valence-electron chi connectivity index (χ1n) is 11.4. The van der Waals surface area contributed by atoms with E-state index in [4.69, 9.17) is 14.0 Å². The van der Waals surface area contributed by atoms with E-state index in [1.54, 1.807) is 0 Å². The summed E-state index contributed by atoms with van der Waals surface area (Å²) in [6, 6.07) is 0. The molecule has 4 rings (SSSR count). The van der Waals surface area contributed by atoms with Crippen LogP contribution in [0.3, 0.4) is 0 Å². The number of hydrogen-bond donors (Lipinski definition) is 0. The average molecular weight is 392 g/mol. The molecule has 1 heterocycles. The maximum Gasteiger partial charge on any atom is 0.460 e. The van der Waals surface area contributed by atoms with Gasteiger partial charge in [-0.1, -0.05) is 47.0 Å². The third-order valence-electron chi connectivity index (χ3n) is 7.72. The predicted octanol–water partition coefficient (Wildman–Crippen LogP) is 5.64. The number of carbonyl (C=O) groups excluding carboxylic acids is 1. The molecule has 5 heteroatoms. The van der Waals surface area contributed by atoms with Gasteiger partial charge in [0.1, 0.15) is 5.60 Å². The molecule has 4 fully saturated rings. The van der Waals surface area contributed by atoms with E-state index < -0.39 is 5.60 Å². The molecular formula is C23H41BO4. The Balaban J connectivity index is 1.42. The quantitative estimate of drug-likeness (QED) is 0.415. The molecule has 0 spiro atoms. The van der Waals surface area contributed by atoms with Crippen LogP contribution in [0.4, 0.5) is 0 Å². The smallest absolute Gasteiger partial charge is 0.460 e. The molecule has 160 valence electrons. The van der Waals surface area contributed by atoms with E-state index in [1.807, 2.05) is 20.8 Å². The molecule has 0 amide bonds. The highest BCUT2D eigenvalue weighted by Crippen LogP contribution is 2.66. The van der Waals surface area contributed by atoms with Crippen molar-refractivity contribution in [1.82, 2.24) is 0 Å². The lowest BCUT2D eigenvalue weighted by atomic mass is 9.43. The van der Waals surface area contributed by atoms with Gasteiger partial charge in [0.25, 0.3) is 0 Å². The maximum atomic E-state index is 12.0. The Kier molecular flexibility index (Phi) is 6.02. The SMILES string of the molecule is CC(CCC[C@@H](C)B1O[C@@H]2C[C@@H]3C[C@@H](C3(C)C)[C@]2(C)O1)CC(=O)OC(C)(C)C. The molecule has 0 radical (unpaired) electrons. The van der Waals surface area contributed by atoms with E-state index in [-0.39, 0.29) is 24.8 Å². The Morgan fingerprint density at radius 1 is 1.18 bits per heavy atom. The molecule has 0 aromatic rings. The van der Waals surface area contributed by atoms with Crippen molar-refractivity contribution in [3.8, 4) is 0 Å². The van der Waals surface area contributed by atoms with Crippen LogP contribution in [0.2, 0.25) is 5.82 Å².